The van der Waals surface area contributed by atoms with Gasteiger partial charge in [0.05, 0.1) is 5.56 Å². The molecule has 0 fully saturated rings. The van der Waals surface area contributed by atoms with E-state index in [4.69, 9.17) is 4.74 Å². The zero-order valence-electron chi connectivity index (χ0n) is 9.39. The summed E-state index contributed by atoms with van der Waals surface area (Å²) in [5, 5.41) is 3.04. The monoisotopic (exact) mass is 243 g/mol. The summed E-state index contributed by atoms with van der Waals surface area (Å²) in [6.07, 6.45) is -0.515. The minimum Gasteiger partial charge on any atom is -0.434 e. The van der Waals surface area contributed by atoms with Crippen LogP contribution in [0.25, 0.3) is 0 Å². The second kappa shape index (κ2) is 4.14. The van der Waals surface area contributed by atoms with Crippen LogP contribution in [0.4, 0.5) is 10.1 Å². The highest BCUT2D eigenvalue weighted by Gasteiger charge is 2.30. The van der Waals surface area contributed by atoms with E-state index in [0.29, 0.717) is 11.3 Å². The maximum atomic E-state index is 12.8. The highest BCUT2D eigenvalue weighted by molar-refractivity contribution is 5.94. The zero-order chi connectivity index (χ0) is 12.5. The molecular formula is C14H10FNO2. The number of ether oxygens (including phenoxy) is 1. The molecule has 1 aliphatic heterocycles. The molecule has 1 aliphatic rings. The van der Waals surface area contributed by atoms with E-state index in [0.717, 1.165) is 5.56 Å². The molecule has 0 unspecified atom stereocenters. The van der Waals surface area contributed by atoms with Gasteiger partial charge in [-0.1, -0.05) is 18.2 Å². The minimum absolute atomic E-state index is 0.302. The van der Waals surface area contributed by atoms with Crippen LogP contribution in [0.5, 0.6) is 0 Å². The first kappa shape index (κ1) is 10.8. The van der Waals surface area contributed by atoms with Crippen LogP contribution < -0.4 is 5.32 Å². The lowest BCUT2D eigenvalue weighted by Gasteiger charge is -2.14. The quantitative estimate of drug-likeness (QED) is 0.823. The van der Waals surface area contributed by atoms with Gasteiger partial charge in [0, 0.05) is 11.3 Å². The molecule has 2 aromatic carbocycles. The molecule has 90 valence electrons. The number of nitrogens with one attached hydrogen (secondary N) is 1. The molecule has 0 saturated carbocycles. The Morgan fingerprint density at radius 1 is 1.06 bits per heavy atom. The third kappa shape index (κ3) is 1.82. The number of hydrogen-bond donors (Lipinski definition) is 1. The highest BCUT2D eigenvalue weighted by atomic mass is 19.1. The molecule has 1 atom stereocenters. The van der Waals surface area contributed by atoms with E-state index in [2.05, 4.69) is 5.32 Å². The number of carbonyl (C=O) groups excluding carboxylic acids is 1. The molecule has 0 aromatic heterocycles. The highest BCUT2D eigenvalue weighted by Crippen LogP contribution is 2.31. The summed E-state index contributed by atoms with van der Waals surface area (Å²) < 4.78 is 18.0. The van der Waals surface area contributed by atoms with Crippen molar-refractivity contribution in [2.24, 2.45) is 0 Å². The van der Waals surface area contributed by atoms with Crippen molar-refractivity contribution in [1.29, 1.82) is 0 Å². The van der Waals surface area contributed by atoms with Gasteiger partial charge >= 0.3 is 5.97 Å². The van der Waals surface area contributed by atoms with Crippen LogP contribution in [0, 0.1) is 5.82 Å². The Hall–Kier alpha value is -2.36. The first-order valence-electron chi connectivity index (χ1n) is 5.56. The normalized spacial score (nSPS) is 17.2. The summed E-state index contributed by atoms with van der Waals surface area (Å²) in [6, 6.07) is 13.1. The second-order valence-electron chi connectivity index (χ2n) is 4.02. The molecular weight excluding hydrogens is 233 g/mol. The van der Waals surface area contributed by atoms with Crippen LogP contribution in [-0.4, -0.2) is 5.97 Å². The van der Waals surface area contributed by atoms with Crippen molar-refractivity contribution in [3.63, 3.8) is 0 Å². The minimum atomic E-state index is -0.515. The van der Waals surface area contributed by atoms with Gasteiger partial charge in [-0.25, -0.2) is 9.18 Å². The topological polar surface area (TPSA) is 38.3 Å². The molecule has 0 aliphatic carbocycles. The van der Waals surface area contributed by atoms with Crippen molar-refractivity contribution < 1.29 is 13.9 Å². The van der Waals surface area contributed by atoms with E-state index in [1.54, 1.807) is 24.3 Å². The van der Waals surface area contributed by atoms with Crippen LogP contribution in [0.15, 0.2) is 48.5 Å². The number of esters is 1. The summed E-state index contributed by atoms with van der Waals surface area (Å²) in [5.74, 6) is -0.644. The molecule has 0 radical (unpaired) electrons. The first-order valence-corrected chi connectivity index (χ1v) is 5.56. The van der Waals surface area contributed by atoms with Crippen LogP contribution in [-0.2, 0) is 4.74 Å². The van der Waals surface area contributed by atoms with Gasteiger partial charge in [-0.3, -0.25) is 0 Å². The van der Waals surface area contributed by atoms with Crippen molar-refractivity contribution >= 4 is 11.7 Å². The molecule has 0 saturated heterocycles. The Morgan fingerprint density at radius 2 is 1.78 bits per heavy atom. The molecule has 1 heterocycles. The second-order valence-corrected chi connectivity index (χ2v) is 4.02. The predicted octanol–water partition coefficient (Wildman–Crippen LogP) is 3.11. The van der Waals surface area contributed by atoms with Crippen molar-refractivity contribution in [1.82, 2.24) is 0 Å². The Bertz CT molecular complexity index is 595. The van der Waals surface area contributed by atoms with Crippen LogP contribution in [0.2, 0.25) is 0 Å². The molecule has 3 rings (SSSR count). The molecule has 3 nitrogen and oxygen atoms in total. The van der Waals surface area contributed by atoms with Crippen LogP contribution in [0.3, 0.4) is 0 Å². The number of halogens is 1. The van der Waals surface area contributed by atoms with E-state index in [1.165, 1.54) is 12.1 Å². The number of cyclic esters (lactones) is 1. The molecule has 1 N–H and O–H groups in total. The van der Waals surface area contributed by atoms with Gasteiger partial charge in [0.1, 0.15) is 5.82 Å². The number of rotatable bonds is 2. The molecule has 0 spiro atoms. The molecule has 0 amide bonds. The van der Waals surface area contributed by atoms with Gasteiger partial charge in [-0.15, -0.1) is 0 Å². The van der Waals surface area contributed by atoms with E-state index >= 15 is 0 Å². The number of fused-ring (bicyclic) bond motifs is 1. The standard InChI is InChI=1S/C14H10FNO2/c15-9-5-7-10(8-6-9)16-13-11-3-1-2-4-12(11)14(17)18-13/h1-8,13,16H/t13-/m1/s1. The average molecular weight is 243 g/mol. The van der Waals surface area contributed by atoms with Gasteiger partial charge in [0.15, 0.2) is 0 Å². The fraction of sp³-hybridized carbons (Fsp3) is 0.0714. The Morgan fingerprint density at radius 3 is 2.56 bits per heavy atom. The molecule has 4 heteroatoms. The summed E-state index contributed by atoms with van der Waals surface area (Å²) in [7, 11) is 0. The number of benzene rings is 2. The average Bonchev–Trinajstić information content (AvgIpc) is 2.70. The van der Waals surface area contributed by atoms with Crippen molar-refractivity contribution in [3.8, 4) is 0 Å². The third-order valence-electron chi connectivity index (χ3n) is 2.83. The van der Waals surface area contributed by atoms with Crippen LogP contribution in [0.1, 0.15) is 22.1 Å². The van der Waals surface area contributed by atoms with Gasteiger partial charge in [-0.05, 0) is 30.3 Å². The van der Waals surface area contributed by atoms with E-state index in [-0.39, 0.29) is 11.8 Å². The maximum absolute atomic E-state index is 12.8. The third-order valence-corrected chi connectivity index (χ3v) is 2.83. The van der Waals surface area contributed by atoms with Crippen molar-refractivity contribution in [3.05, 3.63) is 65.5 Å². The van der Waals surface area contributed by atoms with Gasteiger partial charge in [0.25, 0.3) is 0 Å². The fourth-order valence-electron chi connectivity index (χ4n) is 1.95. The summed E-state index contributed by atoms with van der Waals surface area (Å²) >= 11 is 0. The lowest BCUT2D eigenvalue weighted by atomic mass is 10.1. The Kier molecular flexibility index (Phi) is 2.48. The molecule has 18 heavy (non-hydrogen) atoms. The summed E-state index contributed by atoms with van der Waals surface area (Å²) in [5.41, 5.74) is 2.06. The number of carbonyl (C=O) groups is 1. The summed E-state index contributed by atoms with van der Waals surface area (Å²) in [6.45, 7) is 0. The SMILES string of the molecule is O=C1O[C@@H](Nc2ccc(F)cc2)c2ccccc21. The number of anilines is 1. The molecule has 0 bridgehead atoms. The van der Waals surface area contributed by atoms with Crippen molar-refractivity contribution in [2.75, 3.05) is 5.32 Å². The van der Waals surface area contributed by atoms with E-state index < -0.39 is 6.23 Å². The molecule has 2 aromatic rings. The largest absolute Gasteiger partial charge is 0.434 e. The number of hydrogen-bond acceptors (Lipinski definition) is 3. The predicted molar refractivity (Wildman–Crippen MR) is 64.6 cm³/mol. The van der Waals surface area contributed by atoms with Crippen molar-refractivity contribution in [2.45, 2.75) is 6.23 Å². The lowest BCUT2D eigenvalue weighted by molar-refractivity contribution is 0.0437. The maximum Gasteiger partial charge on any atom is 0.340 e. The van der Waals surface area contributed by atoms with Crippen LogP contribution >= 0.6 is 0 Å². The Balaban J connectivity index is 1.87. The fourth-order valence-corrected chi connectivity index (χ4v) is 1.95. The van der Waals surface area contributed by atoms with E-state index in [1.807, 2.05) is 12.1 Å². The van der Waals surface area contributed by atoms with Gasteiger partial charge < -0.3 is 10.1 Å². The van der Waals surface area contributed by atoms with E-state index in [9.17, 15) is 9.18 Å². The van der Waals surface area contributed by atoms with Gasteiger partial charge in [-0.2, -0.15) is 0 Å². The summed E-state index contributed by atoms with van der Waals surface area (Å²) in [4.78, 5) is 11.6. The smallest absolute Gasteiger partial charge is 0.340 e. The lowest BCUT2D eigenvalue weighted by Crippen LogP contribution is -2.10. The Labute approximate surface area is 103 Å². The zero-order valence-corrected chi connectivity index (χ0v) is 9.39. The first-order chi connectivity index (χ1) is 8.74. The van der Waals surface area contributed by atoms with Gasteiger partial charge in [0.2, 0.25) is 6.23 Å².